The van der Waals surface area contributed by atoms with Gasteiger partial charge >= 0.3 is 0 Å². The fourth-order valence-electron chi connectivity index (χ4n) is 1.44. The first-order valence-corrected chi connectivity index (χ1v) is 6.75. The molecule has 94 valence electrons. The van der Waals surface area contributed by atoms with Gasteiger partial charge in [-0.15, -0.1) is 0 Å². The van der Waals surface area contributed by atoms with Crippen molar-refractivity contribution in [3.8, 4) is 0 Å². The smallest absolute Gasteiger partial charge is 0.0288 e. The summed E-state index contributed by atoms with van der Waals surface area (Å²) in [5.74, 6) is 2.29. The molecule has 0 aliphatic heterocycles. The van der Waals surface area contributed by atoms with Crippen molar-refractivity contribution in [2.75, 3.05) is 0 Å². The third-order valence-electron chi connectivity index (χ3n) is 3.20. The number of hydrogen-bond acceptors (Lipinski definition) is 0. The van der Waals surface area contributed by atoms with E-state index in [0.29, 0.717) is 5.92 Å². The SMILES string of the molecule is C/C(=C/CC(C)C(C)C)CC/C=C/C(C)C. The van der Waals surface area contributed by atoms with Gasteiger partial charge in [0.2, 0.25) is 0 Å². The third-order valence-corrected chi connectivity index (χ3v) is 3.20. The Bertz CT molecular complexity index is 218. The van der Waals surface area contributed by atoms with Crippen LogP contribution in [0.1, 0.15) is 60.8 Å². The monoisotopic (exact) mass is 222 g/mol. The molecule has 0 nitrogen and oxygen atoms in total. The largest absolute Gasteiger partial charge is 0.0880 e. The van der Waals surface area contributed by atoms with Crippen molar-refractivity contribution < 1.29 is 0 Å². The maximum Gasteiger partial charge on any atom is -0.0288 e. The van der Waals surface area contributed by atoms with Crippen LogP contribution < -0.4 is 0 Å². The van der Waals surface area contributed by atoms with Crippen LogP contribution in [0.4, 0.5) is 0 Å². The van der Waals surface area contributed by atoms with Gasteiger partial charge in [-0.2, -0.15) is 0 Å². The van der Waals surface area contributed by atoms with Gasteiger partial charge in [0.1, 0.15) is 0 Å². The molecule has 0 amide bonds. The van der Waals surface area contributed by atoms with Crippen molar-refractivity contribution in [1.82, 2.24) is 0 Å². The fourth-order valence-corrected chi connectivity index (χ4v) is 1.44. The Kier molecular flexibility index (Phi) is 8.33. The van der Waals surface area contributed by atoms with Gasteiger partial charge in [-0.3, -0.25) is 0 Å². The van der Waals surface area contributed by atoms with E-state index in [1.54, 1.807) is 5.57 Å². The predicted molar refractivity (Wildman–Crippen MR) is 75.6 cm³/mol. The van der Waals surface area contributed by atoms with Gasteiger partial charge in [0.05, 0.1) is 0 Å². The van der Waals surface area contributed by atoms with Crippen LogP contribution in [-0.4, -0.2) is 0 Å². The van der Waals surface area contributed by atoms with Gasteiger partial charge < -0.3 is 0 Å². The van der Waals surface area contributed by atoms with Crippen molar-refractivity contribution in [3.05, 3.63) is 23.8 Å². The zero-order chi connectivity index (χ0) is 12.6. The van der Waals surface area contributed by atoms with Crippen molar-refractivity contribution in [2.24, 2.45) is 17.8 Å². The lowest BCUT2D eigenvalue weighted by Gasteiger charge is -2.13. The molecule has 0 aliphatic rings. The molecule has 0 heteroatoms. The molecule has 0 aromatic carbocycles. The molecule has 0 aromatic heterocycles. The molecule has 0 fully saturated rings. The molecule has 0 heterocycles. The molecule has 0 aromatic rings. The van der Waals surface area contributed by atoms with Gasteiger partial charge in [0.15, 0.2) is 0 Å². The molecule has 0 radical (unpaired) electrons. The highest BCUT2D eigenvalue weighted by Crippen LogP contribution is 2.16. The molecule has 0 aliphatic carbocycles. The number of hydrogen-bond donors (Lipinski definition) is 0. The van der Waals surface area contributed by atoms with Gasteiger partial charge in [-0.05, 0) is 43.9 Å². The summed E-state index contributed by atoms with van der Waals surface area (Å²) in [6, 6.07) is 0. The highest BCUT2D eigenvalue weighted by Gasteiger charge is 2.04. The van der Waals surface area contributed by atoms with Crippen molar-refractivity contribution in [1.29, 1.82) is 0 Å². The molecule has 0 bridgehead atoms. The van der Waals surface area contributed by atoms with Crippen molar-refractivity contribution in [2.45, 2.75) is 60.8 Å². The zero-order valence-electron chi connectivity index (χ0n) is 12.1. The van der Waals surface area contributed by atoms with E-state index in [2.05, 4.69) is 59.8 Å². The summed E-state index contributed by atoms with van der Waals surface area (Å²) in [7, 11) is 0. The average molecular weight is 222 g/mol. The molecule has 0 saturated heterocycles. The molecule has 0 saturated carbocycles. The Labute approximate surface area is 103 Å². The van der Waals surface area contributed by atoms with Crippen LogP contribution in [0.3, 0.4) is 0 Å². The summed E-state index contributed by atoms with van der Waals surface area (Å²) in [6.07, 6.45) is 10.7. The Balaban J connectivity index is 3.79. The molecule has 1 unspecified atom stereocenters. The molecule has 0 spiro atoms. The Hall–Kier alpha value is -0.520. The minimum absolute atomic E-state index is 0.685. The van der Waals surface area contributed by atoms with E-state index < -0.39 is 0 Å². The van der Waals surface area contributed by atoms with E-state index in [0.717, 1.165) is 11.8 Å². The molecule has 16 heavy (non-hydrogen) atoms. The summed E-state index contributed by atoms with van der Waals surface area (Å²) >= 11 is 0. The van der Waals surface area contributed by atoms with Crippen molar-refractivity contribution >= 4 is 0 Å². The molecular formula is C16H30. The van der Waals surface area contributed by atoms with Gasteiger partial charge in [-0.25, -0.2) is 0 Å². The fraction of sp³-hybridized carbons (Fsp3) is 0.750. The van der Waals surface area contributed by atoms with Crippen LogP contribution >= 0.6 is 0 Å². The normalized spacial score (nSPS) is 15.4. The summed E-state index contributed by atoms with van der Waals surface area (Å²) in [6.45, 7) is 13.7. The van der Waals surface area contributed by atoms with Crippen LogP contribution in [0.15, 0.2) is 23.8 Å². The van der Waals surface area contributed by atoms with Crippen molar-refractivity contribution in [3.63, 3.8) is 0 Å². The lowest BCUT2D eigenvalue weighted by Crippen LogP contribution is -2.02. The topological polar surface area (TPSA) is 0 Å². The van der Waals surface area contributed by atoms with Crippen LogP contribution in [0.25, 0.3) is 0 Å². The van der Waals surface area contributed by atoms with E-state index in [1.807, 2.05) is 0 Å². The molecule has 1 atom stereocenters. The summed E-state index contributed by atoms with van der Waals surface area (Å²) in [4.78, 5) is 0. The first-order chi connectivity index (χ1) is 7.43. The Morgan fingerprint density at radius 3 is 2.19 bits per heavy atom. The minimum atomic E-state index is 0.685. The molecular weight excluding hydrogens is 192 g/mol. The van der Waals surface area contributed by atoms with Crippen LogP contribution in [0.2, 0.25) is 0 Å². The average Bonchev–Trinajstić information content (AvgIpc) is 2.20. The van der Waals surface area contributed by atoms with Crippen LogP contribution in [-0.2, 0) is 0 Å². The summed E-state index contributed by atoms with van der Waals surface area (Å²) < 4.78 is 0. The third kappa shape index (κ3) is 8.76. The van der Waals surface area contributed by atoms with E-state index in [1.165, 1.54) is 19.3 Å². The summed E-state index contributed by atoms with van der Waals surface area (Å²) in [5.41, 5.74) is 1.54. The lowest BCUT2D eigenvalue weighted by atomic mass is 9.93. The quantitative estimate of drug-likeness (QED) is 0.491. The minimum Gasteiger partial charge on any atom is -0.0880 e. The van der Waals surface area contributed by atoms with Crippen LogP contribution in [0.5, 0.6) is 0 Å². The predicted octanol–water partition coefficient (Wildman–Crippen LogP) is 5.61. The first-order valence-electron chi connectivity index (χ1n) is 6.75. The first kappa shape index (κ1) is 15.5. The number of allylic oxidation sites excluding steroid dienone is 4. The highest BCUT2D eigenvalue weighted by atomic mass is 14.1. The van der Waals surface area contributed by atoms with E-state index in [4.69, 9.17) is 0 Å². The lowest BCUT2D eigenvalue weighted by molar-refractivity contribution is 0.423. The van der Waals surface area contributed by atoms with E-state index >= 15 is 0 Å². The Morgan fingerprint density at radius 2 is 1.69 bits per heavy atom. The second-order valence-corrected chi connectivity index (χ2v) is 5.72. The molecule has 0 N–H and O–H groups in total. The second kappa shape index (κ2) is 8.61. The van der Waals surface area contributed by atoms with E-state index in [9.17, 15) is 0 Å². The van der Waals surface area contributed by atoms with Gasteiger partial charge in [0, 0.05) is 0 Å². The summed E-state index contributed by atoms with van der Waals surface area (Å²) in [5, 5.41) is 0. The van der Waals surface area contributed by atoms with E-state index in [-0.39, 0.29) is 0 Å². The standard InChI is InChI=1S/C16H30/c1-13(2)9-7-8-10-15(5)11-12-16(6)14(3)4/h7,9,11,13-14,16H,8,10,12H2,1-6H3/b9-7+,15-11-. The van der Waals surface area contributed by atoms with Gasteiger partial charge in [-0.1, -0.05) is 58.4 Å². The maximum atomic E-state index is 2.42. The highest BCUT2D eigenvalue weighted by molar-refractivity contribution is 5.00. The zero-order valence-corrected chi connectivity index (χ0v) is 12.1. The molecule has 0 rings (SSSR count). The Morgan fingerprint density at radius 1 is 1.06 bits per heavy atom. The van der Waals surface area contributed by atoms with Crippen LogP contribution in [0, 0.1) is 17.8 Å². The maximum absolute atomic E-state index is 2.42. The van der Waals surface area contributed by atoms with Gasteiger partial charge in [0.25, 0.3) is 0 Å². The number of rotatable bonds is 7. The second-order valence-electron chi connectivity index (χ2n) is 5.72.